The van der Waals surface area contributed by atoms with Gasteiger partial charge >= 0.3 is 0 Å². The monoisotopic (exact) mass is 418 g/mol. The SMILES string of the molecule is COc1cc(/C=C2/C(=O)NN(c3ccccc3)C2=O)ccc1OCc1cccc(F)c1. The molecule has 0 atom stereocenters. The first-order valence-electron chi connectivity index (χ1n) is 9.52. The average molecular weight is 418 g/mol. The summed E-state index contributed by atoms with van der Waals surface area (Å²) in [5, 5.41) is 1.21. The topological polar surface area (TPSA) is 67.9 Å². The molecule has 1 aliphatic heterocycles. The van der Waals surface area contributed by atoms with Crippen LogP contribution in [0.1, 0.15) is 11.1 Å². The number of ether oxygens (including phenoxy) is 2. The highest BCUT2D eigenvalue weighted by atomic mass is 19.1. The molecule has 1 heterocycles. The zero-order valence-electron chi connectivity index (χ0n) is 16.7. The van der Waals surface area contributed by atoms with E-state index in [-0.39, 0.29) is 18.0 Å². The van der Waals surface area contributed by atoms with E-state index in [1.54, 1.807) is 54.6 Å². The van der Waals surface area contributed by atoms with E-state index in [4.69, 9.17) is 9.47 Å². The van der Waals surface area contributed by atoms with Crippen molar-refractivity contribution in [1.29, 1.82) is 0 Å². The second-order valence-electron chi connectivity index (χ2n) is 6.80. The Labute approximate surface area is 178 Å². The molecule has 2 amide bonds. The summed E-state index contributed by atoms with van der Waals surface area (Å²) in [5.74, 6) is -0.376. The second kappa shape index (κ2) is 8.71. The van der Waals surface area contributed by atoms with Crippen LogP contribution < -0.4 is 19.9 Å². The number of halogens is 1. The maximum absolute atomic E-state index is 13.3. The van der Waals surface area contributed by atoms with Crippen LogP contribution in [0.25, 0.3) is 6.08 Å². The molecule has 4 rings (SSSR count). The van der Waals surface area contributed by atoms with Crippen molar-refractivity contribution in [2.24, 2.45) is 0 Å². The van der Waals surface area contributed by atoms with Gasteiger partial charge in [-0.1, -0.05) is 36.4 Å². The predicted octanol–water partition coefficient (Wildman–Crippen LogP) is 3.87. The van der Waals surface area contributed by atoms with E-state index in [1.165, 1.54) is 30.3 Å². The number of carbonyl (C=O) groups is 2. The number of methoxy groups -OCH3 is 1. The standard InChI is InChI=1S/C24H19FN2O4/c1-30-22-14-16(10-11-21(22)31-15-17-6-5-7-18(25)12-17)13-20-23(28)26-27(24(20)29)19-8-3-2-4-9-19/h2-14H,15H2,1H3,(H,26,28)/b20-13-. The van der Waals surface area contributed by atoms with Crippen LogP contribution in [0.4, 0.5) is 10.1 Å². The molecular formula is C24H19FN2O4. The third-order valence-corrected chi connectivity index (χ3v) is 4.69. The first kappa shape index (κ1) is 20.2. The molecule has 1 aliphatic rings. The molecular weight excluding hydrogens is 399 g/mol. The highest BCUT2D eigenvalue weighted by Gasteiger charge is 2.34. The van der Waals surface area contributed by atoms with E-state index in [1.807, 2.05) is 6.07 Å². The molecule has 31 heavy (non-hydrogen) atoms. The van der Waals surface area contributed by atoms with Crippen LogP contribution in [-0.4, -0.2) is 18.9 Å². The molecule has 0 aliphatic carbocycles. The molecule has 1 saturated heterocycles. The Bertz CT molecular complexity index is 1160. The Kier molecular flexibility index (Phi) is 5.66. The van der Waals surface area contributed by atoms with Crippen LogP contribution in [0.2, 0.25) is 0 Å². The summed E-state index contributed by atoms with van der Waals surface area (Å²) >= 11 is 0. The van der Waals surface area contributed by atoms with Gasteiger partial charge < -0.3 is 9.47 Å². The van der Waals surface area contributed by atoms with Crippen molar-refractivity contribution >= 4 is 23.6 Å². The van der Waals surface area contributed by atoms with Crippen molar-refractivity contribution in [1.82, 2.24) is 5.43 Å². The number of nitrogens with one attached hydrogen (secondary N) is 1. The molecule has 0 bridgehead atoms. The molecule has 0 unspecified atom stereocenters. The largest absolute Gasteiger partial charge is 0.493 e. The van der Waals surface area contributed by atoms with Crippen molar-refractivity contribution in [3.05, 3.63) is 95.3 Å². The summed E-state index contributed by atoms with van der Waals surface area (Å²) in [5.41, 5.74) is 4.43. The Morgan fingerprint density at radius 1 is 0.968 bits per heavy atom. The lowest BCUT2D eigenvalue weighted by atomic mass is 10.1. The number of rotatable bonds is 6. The molecule has 0 aromatic heterocycles. The summed E-state index contributed by atoms with van der Waals surface area (Å²) in [7, 11) is 1.49. The van der Waals surface area contributed by atoms with Gasteiger partial charge in [0, 0.05) is 0 Å². The highest BCUT2D eigenvalue weighted by molar-refractivity contribution is 6.31. The van der Waals surface area contributed by atoms with Gasteiger partial charge in [-0.3, -0.25) is 15.0 Å². The fourth-order valence-electron chi connectivity index (χ4n) is 3.16. The van der Waals surface area contributed by atoms with Crippen molar-refractivity contribution in [3.8, 4) is 11.5 Å². The zero-order valence-corrected chi connectivity index (χ0v) is 16.7. The van der Waals surface area contributed by atoms with Crippen molar-refractivity contribution < 1.29 is 23.5 Å². The molecule has 156 valence electrons. The predicted molar refractivity (Wildman–Crippen MR) is 114 cm³/mol. The quantitative estimate of drug-likeness (QED) is 0.487. The van der Waals surface area contributed by atoms with E-state index < -0.39 is 11.8 Å². The lowest BCUT2D eigenvalue weighted by Crippen LogP contribution is -2.35. The van der Waals surface area contributed by atoms with Gasteiger partial charge in [-0.05, 0) is 53.6 Å². The van der Waals surface area contributed by atoms with Gasteiger partial charge in [0.15, 0.2) is 11.5 Å². The van der Waals surface area contributed by atoms with Crippen molar-refractivity contribution in [2.75, 3.05) is 12.1 Å². The molecule has 0 saturated carbocycles. The van der Waals surface area contributed by atoms with E-state index in [0.717, 1.165) is 0 Å². The molecule has 6 nitrogen and oxygen atoms in total. The van der Waals surface area contributed by atoms with E-state index >= 15 is 0 Å². The second-order valence-corrected chi connectivity index (χ2v) is 6.80. The number of carbonyl (C=O) groups excluding carboxylic acids is 2. The number of hydrogen-bond acceptors (Lipinski definition) is 4. The summed E-state index contributed by atoms with van der Waals surface area (Å²) in [4.78, 5) is 25.1. The first-order chi connectivity index (χ1) is 15.0. The zero-order chi connectivity index (χ0) is 21.8. The minimum absolute atomic E-state index is 0.0133. The molecule has 1 fully saturated rings. The molecule has 7 heteroatoms. The Hall–Kier alpha value is -4.13. The third kappa shape index (κ3) is 4.40. The maximum atomic E-state index is 13.3. The molecule has 3 aromatic rings. The van der Waals surface area contributed by atoms with Gasteiger partial charge in [0.2, 0.25) is 0 Å². The number of hydrogen-bond donors (Lipinski definition) is 1. The Morgan fingerprint density at radius 3 is 2.52 bits per heavy atom. The lowest BCUT2D eigenvalue weighted by Gasteiger charge is -2.14. The summed E-state index contributed by atoms with van der Waals surface area (Å²) in [6, 6.07) is 20.0. The Morgan fingerprint density at radius 2 is 1.77 bits per heavy atom. The van der Waals surface area contributed by atoms with Gasteiger partial charge in [0.25, 0.3) is 11.8 Å². The minimum Gasteiger partial charge on any atom is -0.493 e. The average Bonchev–Trinajstić information content (AvgIpc) is 3.07. The summed E-state index contributed by atoms with van der Waals surface area (Å²) in [6.07, 6.45) is 1.50. The van der Waals surface area contributed by atoms with Crippen LogP contribution in [-0.2, 0) is 16.2 Å². The molecule has 0 spiro atoms. The van der Waals surface area contributed by atoms with Crippen LogP contribution in [0.15, 0.2) is 78.4 Å². The van der Waals surface area contributed by atoms with Gasteiger partial charge in [0.1, 0.15) is 18.0 Å². The number of para-hydroxylation sites is 1. The smallest absolute Gasteiger partial charge is 0.282 e. The summed E-state index contributed by atoms with van der Waals surface area (Å²) < 4.78 is 24.5. The van der Waals surface area contributed by atoms with E-state index in [2.05, 4.69) is 5.43 Å². The van der Waals surface area contributed by atoms with Crippen LogP contribution in [0.5, 0.6) is 11.5 Å². The van der Waals surface area contributed by atoms with Crippen molar-refractivity contribution in [3.63, 3.8) is 0 Å². The summed E-state index contributed by atoms with van der Waals surface area (Å²) in [6.45, 7) is 0.168. The van der Waals surface area contributed by atoms with E-state index in [9.17, 15) is 14.0 Å². The van der Waals surface area contributed by atoms with Crippen LogP contribution in [0, 0.1) is 5.82 Å². The maximum Gasteiger partial charge on any atom is 0.282 e. The highest BCUT2D eigenvalue weighted by Crippen LogP contribution is 2.30. The number of nitrogens with zero attached hydrogens (tertiary/aromatic N) is 1. The fourth-order valence-corrected chi connectivity index (χ4v) is 3.16. The van der Waals surface area contributed by atoms with Gasteiger partial charge in [-0.25, -0.2) is 9.40 Å². The van der Waals surface area contributed by atoms with Gasteiger partial charge in [-0.2, -0.15) is 0 Å². The number of amides is 2. The lowest BCUT2D eigenvalue weighted by molar-refractivity contribution is -0.117. The van der Waals surface area contributed by atoms with Crippen LogP contribution >= 0.6 is 0 Å². The molecule has 3 aromatic carbocycles. The molecule has 0 radical (unpaired) electrons. The van der Waals surface area contributed by atoms with Crippen LogP contribution in [0.3, 0.4) is 0 Å². The molecule has 1 N–H and O–H groups in total. The normalized spacial score (nSPS) is 14.6. The first-order valence-corrected chi connectivity index (χ1v) is 9.52. The van der Waals surface area contributed by atoms with Gasteiger partial charge in [0.05, 0.1) is 12.8 Å². The minimum atomic E-state index is -0.487. The van der Waals surface area contributed by atoms with Gasteiger partial charge in [-0.15, -0.1) is 0 Å². The van der Waals surface area contributed by atoms with Crippen molar-refractivity contribution in [2.45, 2.75) is 6.61 Å². The number of benzene rings is 3. The number of hydrazine groups is 1. The fraction of sp³-hybridized carbons (Fsp3) is 0.0833. The number of anilines is 1. The Balaban J connectivity index is 1.54. The third-order valence-electron chi connectivity index (χ3n) is 4.69. The van der Waals surface area contributed by atoms with E-state index in [0.29, 0.717) is 28.3 Å².